The fraction of sp³-hybridized carbons (Fsp3) is 0.273. The van der Waals surface area contributed by atoms with Crippen LogP contribution in [0.3, 0.4) is 0 Å². The molecule has 8 heteroatoms. The molecule has 5 nitrogen and oxygen atoms in total. The molecule has 1 aliphatic rings. The number of thioether (sulfide) groups is 1. The van der Waals surface area contributed by atoms with Gasteiger partial charge in [-0.1, -0.05) is 49.2 Å². The van der Waals surface area contributed by atoms with Crippen LogP contribution < -0.4 is 9.47 Å². The monoisotopic (exact) mass is 465 g/mol. The molecule has 0 aliphatic carbocycles. The fourth-order valence-electron chi connectivity index (χ4n) is 2.78. The number of imide groups is 1. The minimum Gasteiger partial charge on any atom is -0.493 e. The third-order valence-corrected chi connectivity index (χ3v) is 5.92. The molecule has 1 saturated heterocycles. The van der Waals surface area contributed by atoms with E-state index in [1.807, 2.05) is 6.07 Å². The fourth-order valence-corrected chi connectivity index (χ4v) is 4.13. The van der Waals surface area contributed by atoms with Gasteiger partial charge in [0.15, 0.2) is 11.5 Å². The molecule has 1 aliphatic heterocycles. The Morgan fingerprint density at radius 2 is 1.80 bits per heavy atom. The number of amides is 2. The second-order valence-corrected chi connectivity index (χ2v) is 8.89. The van der Waals surface area contributed by atoms with Crippen LogP contribution in [0.2, 0.25) is 10.0 Å². The maximum Gasteiger partial charge on any atom is 0.293 e. The lowest BCUT2D eigenvalue weighted by atomic mass is 10.1. The molecule has 158 valence electrons. The average Bonchev–Trinajstić information content (AvgIpc) is 2.96. The SMILES string of the molecule is COc1cc(C=C2SC(=O)N(Cc3c(Cl)cccc3Cl)C2=O)ccc1OCC(C)C. The van der Waals surface area contributed by atoms with E-state index >= 15 is 0 Å². The summed E-state index contributed by atoms with van der Waals surface area (Å²) in [4.78, 5) is 26.7. The molecule has 2 aromatic rings. The third kappa shape index (κ3) is 5.12. The second kappa shape index (κ2) is 9.77. The lowest BCUT2D eigenvalue weighted by molar-refractivity contribution is -0.123. The predicted octanol–water partition coefficient (Wildman–Crippen LogP) is 6.27. The maximum absolute atomic E-state index is 12.8. The maximum atomic E-state index is 12.8. The van der Waals surface area contributed by atoms with Gasteiger partial charge >= 0.3 is 0 Å². The average molecular weight is 466 g/mol. The highest BCUT2D eigenvalue weighted by Crippen LogP contribution is 2.37. The Balaban J connectivity index is 1.81. The summed E-state index contributed by atoms with van der Waals surface area (Å²) in [5, 5.41) is 0.450. The number of rotatable bonds is 7. The molecule has 0 bridgehead atoms. The normalized spacial score (nSPS) is 15.4. The molecule has 2 aromatic carbocycles. The van der Waals surface area contributed by atoms with Crippen LogP contribution >= 0.6 is 35.0 Å². The second-order valence-electron chi connectivity index (χ2n) is 7.08. The van der Waals surface area contributed by atoms with Gasteiger partial charge < -0.3 is 9.47 Å². The van der Waals surface area contributed by atoms with Crippen LogP contribution in [0.5, 0.6) is 11.5 Å². The first-order valence-electron chi connectivity index (χ1n) is 9.29. The van der Waals surface area contributed by atoms with E-state index in [4.69, 9.17) is 32.7 Å². The lowest BCUT2D eigenvalue weighted by Gasteiger charge is -2.14. The third-order valence-electron chi connectivity index (χ3n) is 4.31. The van der Waals surface area contributed by atoms with Gasteiger partial charge in [0.25, 0.3) is 11.1 Å². The summed E-state index contributed by atoms with van der Waals surface area (Å²) in [5.41, 5.74) is 1.27. The number of benzene rings is 2. The van der Waals surface area contributed by atoms with Gasteiger partial charge in [-0.3, -0.25) is 14.5 Å². The van der Waals surface area contributed by atoms with Gasteiger partial charge in [-0.2, -0.15) is 0 Å². The van der Waals surface area contributed by atoms with Crippen LogP contribution in [0, 0.1) is 5.92 Å². The summed E-state index contributed by atoms with van der Waals surface area (Å²) in [6, 6.07) is 10.4. The van der Waals surface area contributed by atoms with Gasteiger partial charge in [0.1, 0.15) is 0 Å². The number of carbonyl (C=O) groups excluding carboxylic acids is 2. The van der Waals surface area contributed by atoms with Gasteiger partial charge in [0.2, 0.25) is 0 Å². The Morgan fingerprint density at radius 3 is 2.43 bits per heavy atom. The minimum atomic E-state index is -0.389. The first-order chi connectivity index (χ1) is 14.3. The van der Waals surface area contributed by atoms with Gasteiger partial charge in [-0.25, -0.2) is 0 Å². The summed E-state index contributed by atoms with van der Waals surface area (Å²) in [7, 11) is 1.56. The van der Waals surface area contributed by atoms with E-state index in [1.54, 1.807) is 43.5 Å². The molecule has 2 amide bonds. The van der Waals surface area contributed by atoms with Crippen LogP contribution in [0.4, 0.5) is 4.79 Å². The molecular weight excluding hydrogens is 445 g/mol. The Hall–Kier alpha value is -2.15. The molecule has 3 rings (SSSR count). The van der Waals surface area contributed by atoms with E-state index < -0.39 is 0 Å². The van der Waals surface area contributed by atoms with Crippen molar-refractivity contribution < 1.29 is 19.1 Å². The van der Waals surface area contributed by atoms with Crippen LogP contribution in [-0.2, 0) is 11.3 Å². The Kier molecular flexibility index (Phi) is 7.34. The molecule has 0 spiro atoms. The van der Waals surface area contributed by atoms with E-state index in [1.165, 1.54) is 0 Å². The van der Waals surface area contributed by atoms with E-state index in [2.05, 4.69) is 13.8 Å². The smallest absolute Gasteiger partial charge is 0.293 e. The van der Waals surface area contributed by atoms with Crippen LogP contribution in [0.15, 0.2) is 41.3 Å². The molecule has 30 heavy (non-hydrogen) atoms. The van der Waals surface area contributed by atoms with Gasteiger partial charge in [0, 0.05) is 15.6 Å². The summed E-state index contributed by atoms with van der Waals surface area (Å²) < 4.78 is 11.2. The molecule has 0 atom stereocenters. The van der Waals surface area contributed by atoms with Crippen molar-refractivity contribution >= 4 is 52.2 Å². The zero-order chi connectivity index (χ0) is 21.8. The zero-order valence-electron chi connectivity index (χ0n) is 16.8. The molecule has 0 radical (unpaired) electrons. The van der Waals surface area contributed by atoms with Gasteiger partial charge in [-0.15, -0.1) is 0 Å². The number of nitrogens with zero attached hydrogens (tertiary/aromatic N) is 1. The van der Waals surface area contributed by atoms with Crippen molar-refractivity contribution in [1.29, 1.82) is 0 Å². The number of methoxy groups -OCH3 is 1. The predicted molar refractivity (Wildman–Crippen MR) is 121 cm³/mol. The van der Waals surface area contributed by atoms with Crippen molar-refractivity contribution in [3.63, 3.8) is 0 Å². The molecule has 1 fully saturated rings. The van der Waals surface area contributed by atoms with E-state index in [9.17, 15) is 9.59 Å². The highest BCUT2D eigenvalue weighted by molar-refractivity contribution is 8.18. The topological polar surface area (TPSA) is 55.8 Å². The summed E-state index contributed by atoms with van der Waals surface area (Å²) in [6.45, 7) is 4.71. The molecule has 0 N–H and O–H groups in total. The number of carbonyl (C=O) groups is 2. The molecule has 1 heterocycles. The minimum absolute atomic E-state index is 0.0197. The van der Waals surface area contributed by atoms with Crippen LogP contribution in [0.25, 0.3) is 6.08 Å². The molecule has 0 aromatic heterocycles. The van der Waals surface area contributed by atoms with Crippen LogP contribution in [0.1, 0.15) is 25.0 Å². The summed E-state index contributed by atoms with van der Waals surface area (Å²) in [6.07, 6.45) is 1.66. The lowest BCUT2D eigenvalue weighted by Crippen LogP contribution is -2.27. The van der Waals surface area contributed by atoms with Crippen molar-refractivity contribution in [2.75, 3.05) is 13.7 Å². The molecule has 0 saturated carbocycles. The number of ether oxygens (including phenoxy) is 2. The number of halogens is 2. The summed E-state index contributed by atoms with van der Waals surface area (Å²) >= 11 is 13.2. The Bertz CT molecular complexity index is 986. The number of hydrogen-bond donors (Lipinski definition) is 0. The van der Waals surface area contributed by atoms with E-state index in [0.29, 0.717) is 44.5 Å². The van der Waals surface area contributed by atoms with E-state index in [0.717, 1.165) is 22.2 Å². The Labute approximate surface area is 189 Å². The first kappa shape index (κ1) is 22.5. The highest BCUT2D eigenvalue weighted by Gasteiger charge is 2.35. The quantitative estimate of drug-likeness (QED) is 0.450. The van der Waals surface area contributed by atoms with Gasteiger partial charge in [0.05, 0.1) is 25.2 Å². The van der Waals surface area contributed by atoms with Crippen molar-refractivity contribution in [2.45, 2.75) is 20.4 Å². The van der Waals surface area contributed by atoms with Crippen molar-refractivity contribution in [2.24, 2.45) is 5.92 Å². The standard InChI is InChI=1S/C22H21Cl2NO4S/c1-13(2)12-29-18-8-7-14(9-19(18)28-3)10-20-21(26)25(22(27)30-20)11-15-16(23)5-4-6-17(15)24/h4-10,13H,11-12H2,1-3H3. The van der Waals surface area contributed by atoms with Crippen LogP contribution in [-0.4, -0.2) is 29.8 Å². The first-order valence-corrected chi connectivity index (χ1v) is 10.9. The van der Waals surface area contributed by atoms with Crippen molar-refractivity contribution in [3.8, 4) is 11.5 Å². The van der Waals surface area contributed by atoms with E-state index in [-0.39, 0.29) is 17.7 Å². The molecule has 0 unspecified atom stereocenters. The zero-order valence-corrected chi connectivity index (χ0v) is 19.1. The Morgan fingerprint density at radius 1 is 1.10 bits per heavy atom. The highest BCUT2D eigenvalue weighted by atomic mass is 35.5. The van der Waals surface area contributed by atoms with Crippen molar-refractivity contribution in [1.82, 2.24) is 4.90 Å². The largest absolute Gasteiger partial charge is 0.493 e. The molecular formula is C22H21Cl2NO4S. The number of hydrogen-bond acceptors (Lipinski definition) is 5. The summed E-state index contributed by atoms with van der Waals surface area (Å²) in [5.74, 6) is 1.18. The van der Waals surface area contributed by atoms with Crippen molar-refractivity contribution in [3.05, 3.63) is 62.5 Å². The van der Waals surface area contributed by atoms with Gasteiger partial charge in [-0.05, 0) is 53.6 Å².